The van der Waals surface area contributed by atoms with E-state index in [0.29, 0.717) is 23.7 Å². The van der Waals surface area contributed by atoms with E-state index in [2.05, 4.69) is 25.8 Å². The van der Waals surface area contributed by atoms with Gasteiger partial charge in [0.25, 0.3) is 0 Å². The van der Waals surface area contributed by atoms with E-state index in [1.54, 1.807) is 0 Å². The second-order valence-corrected chi connectivity index (χ2v) is 13.0. The number of halogens is 4. The fourth-order valence-corrected chi connectivity index (χ4v) is 8.42. The lowest BCUT2D eigenvalue weighted by molar-refractivity contribution is -0.113. The standard InChI is InChI=1S/C18H22F2.C17H20F2O.C2H4/c1-2-12-3-4-14-8-15(6-5-13(14)7-12)16-9-17(19)11-18(20)10-16;18-16-7-15(8-17(19)9-16)14-4-3-12-5-11(10-20)1-2-13(12)6-14;1-2/h2,9-15H,1,3-8H2;7-14H,1-6H2;1-2H2. The van der Waals surface area contributed by atoms with Crippen molar-refractivity contribution in [1.82, 2.24) is 0 Å². The molecule has 0 spiro atoms. The second-order valence-electron chi connectivity index (χ2n) is 13.0. The maximum atomic E-state index is 13.4. The van der Waals surface area contributed by atoms with Crippen LogP contribution in [-0.2, 0) is 4.79 Å². The highest BCUT2D eigenvalue weighted by Gasteiger charge is 2.37. The van der Waals surface area contributed by atoms with Crippen molar-refractivity contribution in [2.75, 3.05) is 0 Å². The lowest BCUT2D eigenvalue weighted by Gasteiger charge is -2.41. The molecule has 8 unspecified atom stereocenters. The first kappa shape index (κ1) is 32.2. The Morgan fingerprint density at radius 1 is 0.524 bits per heavy atom. The molecule has 6 rings (SSSR count). The van der Waals surface area contributed by atoms with Crippen LogP contribution < -0.4 is 0 Å². The van der Waals surface area contributed by atoms with Crippen molar-refractivity contribution < 1.29 is 22.4 Å². The van der Waals surface area contributed by atoms with Gasteiger partial charge in [0.05, 0.1) is 0 Å². The van der Waals surface area contributed by atoms with Gasteiger partial charge in [0.15, 0.2) is 0 Å². The van der Waals surface area contributed by atoms with Crippen LogP contribution in [0.3, 0.4) is 0 Å². The number of hydrogen-bond acceptors (Lipinski definition) is 1. The molecule has 5 heteroatoms. The number of rotatable bonds is 4. The summed E-state index contributed by atoms with van der Waals surface area (Å²) in [6.45, 7) is 9.92. The molecule has 2 aromatic rings. The van der Waals surface area contributed by atoms with Crippen molar-refractivity contribution >= 4 is 6.29 Å². The molecule has 228 valence electrons. The first-order chi connectivity index (χ1) is 20.3. The minimum Gasteiger partial charge on any atom is -0.303 e. The van der Waals surface area contributed by atoms with Crippen molar-refractivity contribution in [3.63, 3.8) is 0 Å². The van der Waals surface area contributed by atoms with Crippen LogP contribution in [0.15, 0.2) is 62.2 Å². The Morgan fingerprint density at radius 3 is 1.29 bits per heavy atom. The summed E-state index contributed by atoms with van der Waals surface area (Å²) in [6.07, 6.45) is 16.4. The summed E-state index contributed by atoms with van der Waals surface area (Å²) in [6, 6.07) is 7.89. The number of benzene rings is 2. The number of fused-ring (bicyclic) bond motifs is 2. The molecule has 8 atom stereocenters. The molecule has 4 saturated carbocycles. The van der Waals surface area contributed by atoms with Crippen LogP contribution in [-0.4, -0.2) is 6.29 Å². The normalized spacial score (nSPS) is 32.0. The molecule has 1 nitrogen and oxygen atoms in total. The zero-order chi connectivity index (χ0) is 30.2. The number of carbonyl (C=O) groups is 1. The Kier molecular flexibility index (Phi) is 11.6. The van der Waals surface area contributed by atoms with Crippen LogP contribution in [0.2, 0.25) is 0 Å². The maximum Gasteiger partial charge on any atom is 0.126 e. The van der Waals surface area contributed by atoms with Gasteiger partial charge in [-0.3, -0.25) is 0 Å². The van der Waals surface area contributed by atoms with Crippen molar-refractivity contribution in [2.45, 2.75) is 88.9 Å². The average molecular weight is 583 g/mol. The van der Waals surface area contributed by atoms with Crippen molar-refractivity contribution in [3.8, 4) is 0 Å². The highest BCUT2D eigenvalue weighted by atomic mass is 19.1. The fourth-order valence-electron chi connectivity index (χ4n) is 8.42. The topological polar surface area (TPSA) is 17.1 Å². The van der Waals surface area contributed by atoms with Gasteiger partial charge in [-0.15, -0.1) is 19.7 Å². The first-order valence-corrected chi connectivity index (χ1v) is 15.8. The first-order valence-electron chi connectivity index (χ1n) is 15.8. The van der Waals surface area contributed by atoms with Crippen LogP contribution in [0, 0.1) is 58.8 Å². The highest BCUT2D eigenvalue weighted by Crippen LogP contribution is 2.49. The third-order valence-electron chi connectivity index (χ3n) is 10.5. The van der Waals surface area contributed by atoms with Gasteiger partial charge in [0, 0.05) is 18.1 Å². The predicted octanol–water partition coefficient (Wildman–Crippen LogP) is 10.7. The zero-order valence-electron chi connectivity index (χ0n) is 24.8. The summed E-state index contributed by atoms with van der Waals surface area (Å²) in [7, 11) is 0. The van der Waals surface area contributed by atoms with Crippen molar-refractivity contribution in [1.29, 1.82) is 0 Å². The van der Waals surface area contributed by atoms with Gasteiger partial charge in [-0.1, -0.05) is 6.08 Å². The second kappa shape index (κ2) is 15.2. The van der Waals surface area contributed by atoms with E-state index in [-0.39, 0.29) is 11.8 Å². The fraction of sp³-hybridized carbons (Fsp3) is 0.541. The minimum atomic E-state index is -0.480. The van der Waals surface area contributed by atoms with Gasteiger partial charge < -0.3 is 4.79 Å². The van der Waals surface area contributed by atoms with Gasteiger partial charge in [-0.25, -0.2) is 17.6 Å². The average Bonchev–Trinajstić information content (AvgIpc) is 3.00. The maximum absolute atomic E-state index is 13.4. The molecule has 0 aliphatic heterocycles. The molecule has 4 aliphatic carbocycles. The number of aldehydes is 1. The van der Waals surface area contributed by atoms with Crippen molar-refractivity contribution in [3.05, 3.63) is 96.6 Å². The lowest BCUT2D eigenvalue weighted by atomic mass is 9.64. The summed E-state index contributed by atoms with van der Waals surface area (Å²) >= 11 is 0. The van der Waals surface area contributed by atoms with E-state index in [1.165, 1.54) is 49.9 Å². The molecular weight excluding hydrogens is 536 g/mol. The molecule has 0 amide bonds. The Hall–Kier alpha value is -2.69. The molecule has 0 bridgehead atoms. The van der Waals surface area contributed by atoms with Gasteiger partial charge >= 0.3 is 0 Å². The van der Waals surface area contributed by atoms with Crippen molar-refractivity contribution in [2.24, 2.45) is 35.5 Å². The lowest BCUT2D eigenvalue weighted by Crippen LogP contribution is -2.30. The number of hydrogen-bond donors (Lipinski definition) is 0. The van der Waals surface area contributed by atoms with Gasteiger partial charge in [0.1, 0.15) is 29.6 Å². The molecule has 4 aliphatic rings. The molecular formula is C37H46F4O. The smallest absolute Gasteiger partial charge is 0.126 e. The van der Waals surface area contributed by atoms with E-state index < -0.39 is 23.3 Å². The molecule has 0 saturated heterocycles. The molecule has 0 N–H and O–H groups in total. The highest BCUT2D eigenvalue weighted by molar-refractivity contribution is 5.53. The monoisotopic (exact) mass is 582 g/mol. The van der Waals surface area contributed by atoms with Crippen LogP contribution in [0.1, 0.15) is 100 Å². The van der Waals surface area contributed by atoms with E-state index in [4.69, 9.17) is 0 Å². The van der Waals surface area contributed by atoms with Gasteiger partial charge in [0.2, 0.25) is 0 Å². The van der Waals surface area contributed by atoms with Crippen LogP contribution >= 0.6 is 0 Å². The van der Waals surface area contributed by atoms with Crippen LogP contribution in [0.4, 0.5) is 17.6 Å². The Morgan fingerprint density at radius 2 is 0.881 bits per heavy atom. The van der Waals surface area contributed by atoms with E-state index in [9.17, 15) is 22.4 Å². The third-order valence-corrected chi connectivity index (χ3v) is 10.5. The van der Waals surface area contributed by atoms with Crippen LogP contribution in [0.5, 0.6) is 0 Å². The number of carbonyl (C=O) groups excluding carboxylic acids is 1. The zero-order valence-corrected chi connectivity index (χ0v) is 24.8. The molecule has 4 fully saturated rings. The molecule has 2 aromatic carbocycles. The van der Waals surface area contributed by atoms with Gasteiger partial charge in [-0.2, -0.15) is 0 Å². The van der Waals surface area contributed by atoms with E-state index >= 15 is 0 Å². The quantitative estimate of drug-likeness (QED) is 0.199. The summed E-state index contributed by atoms with van der Waals surface area (Å²) < 4.78 is 53.4. The largest absolute Gasteiger partial charge is 0.303 e. The molecule has 42 heavy (non-hydrogen) atoms. The summed E-state index contributed by atoms with van der Waals surface area (Å²) in [4.78, 5) is 10.9. The van der Waals surface area contributed by atoms with E-state index in [1.807, 2.05) is 0 Å². The molecule has 0 radical (unpaired) electrons. The molecule has 0 heterocycles. The Bertz CT molecular complexity index is 1060. The Labute approximate surface area is 249 Å². The minimum absolute atomic E-state index is 0.236. The molecule has 0 aromatic heterocycles. The summed E-state index contributed by atoms with van der Waals surface area (Å²) in [5, 5.41) is 0. The third kappa shape index (κ3) is 8.23. The predicted molar refractivity (Wildman–Crippen MR) is 162 cm³/mol. The van der Waals surface area contributed by atoms with Crippen LogP contribution in [0.25, 0.3) is 0 Å². The van der Waals surface area contributed by atoms with E-state index in [0.717, 1.165) is 92.7 Å². The Balaban J connectivity index is 0.000000182. The number of allylic oxidation sites excluding steroid dienone is 1. The SMILES string of the molecule is C=C.C=CC1CCC2CC(c3cc(F)cc(F)c3)CCC2C1.O=CC1CCC2CC(c3cc(F)cc(F)c3)CCC2C1. The summed E-state index contributed by atoms with van der Waals surface area (Å²) in [5.74, 6) is 2.45. The summed E-state index contributed by atoms with van der Waals surface area (Å²) in [5.41, 5.74) is 1.66. The van der Waals surface area contributed by atoms with Gasteiger partial charge in [-0.05, 0) is 154 Å².